The lowest BCUT2D eigenvalue weighted by molar-refractivity contribution is 0.240. The van der Waals surface area contributed by atoms with Crippen LogP contribution in [0.25, 0.3) is 0 Å². The van der Waals surface area contributed by atoms with Crippen LogP contribution in [0, 0.1) is 0 Å². The molecule has 0 radical (unpaired) electrons. The summed E-state index contributed by atoms with van der Waals surface area (Å²) in [7, 11) is -3.38. The molecule has 108 valence electrons. The first-order valence-corrected chi connectivity index (χ1v) is 9.06. The zero-order valence-electron chi connectivity index (χ0n) is 11.2. The zero-order chi connectivity index (χ0) is 13.9. The number of piperidine rings is 1. The first-order valence-electron chi connectivity index (χ1n) is 6.81. The number of rotatable bonds is 5. The second-order valence-electron chi connectivity index (χ2n) is 4.93. The van der Waals surface area contributed by atoms with Crippen LogP contribution in [0.1, 0.15) is 43.9 Å². The summed E-state index contributed by atoms with van der Waals surface area (Å²) in [4.78, 5) is 0.697. The van der Waals surface area contributed by atoms with Crippen LogP contribution in [0.3, 0.4) is 0 Å². The Hall–Kier alpha value is -0.430. The molecule has 0 aromatic carbocycles. The summed E-state index contributed by atoms with van der Waals surface area (Å²) in [6.45, 7) is 2.62. The highest BCUT2D eigenvalue weighted by Gasteiger charge is 2.33. The van der Waals surface area contributed by atoms with E-state index in [0.29, 0.717) is 15.6 Å². The molecule has 1 atom stereocenters. The van der Waals surface area contributed by atoms with Gasteiger partial charge in [0.1, 0.15) is 4.21 Å². The molecule has 1 saturated heterocycles. The highest BCUT2D eigenvalue weighted by atomic mass is 32.2. The van der Waals surface area contributed by atoms with Gasteiger partial charge in [-0.25, -0.2) is 8.42 Å². The average Bonchev–Trinajstić information content (AvgIpc) is 2.89. The maximum atomic E-state index is 12.7. The second-order valence-corrected chi connectivity index (χ2v) is 8.22. The average molecular weight is 303 g/mol. The molecule has 4 nitrogen and oxygen atoms in total. The molecule has 0 bridgehead atoms. The molecule has 0 amide bonds. The van der Waals surface area contributed by atoms with Crippen molar-refractivity contribution in [2.45, 2.75) is 55.9 Å². The summed E-state index contributed by atoms with van der Waals surface area (Å²) < 4.78 is 27.3. The van der Waals surface area contributed by atoms with Gasteiger partial charge in [-0.1, -0.05) is 19.8 Å². The molecule has 0 saturated carbocycles. The Morgan fingerprint density at radius 1 is 1.42 bits per heavy atom. The van der Waals surface area contributed by atoms with E-state index in [1.807, 2.05) is 0 Å². The predicted molar refractivity (Wildman–Crippen MR) is 76.7 cm³/mol. The summed E-state index contributed by atoms with van der Waals surface area (Å²) in [6, 6.07) is 3.45. The van der Waals surface area contributed by atoms with Crippen LogP contribution in [0.5, 0.6) is 0 Å². The fraction of sp³-hybridized carbons (Fsp3) is 0.692. The van der Waals surface area contributed by atoms with Crippen molar-refractivity contribution in [2.75, 3.05) is 6.54 Å². The molecule has 1 fully saturated rings. The van der Waals surface area contributed by atoms with Crippen molar-refractivity contribution in [2.24, 2.45) is 0 Å². The lowest BCUT2D eigenvalue weighted by Crippen LogP contribution is -2.43. The van der Waals surface area contributed by atoms with E-state index in [0.717, 1.165) is 32.1 Å². The van der Waals surface area contributed by atoms with Crippen molar-refractivity contribution >= 4 is 21.4 Å². The Morgan fingerprint density at radius 2 is 2.21 bits per heavy atom. The molecule has 1 unspecified atom stereocenters. The van der Waals surface area contributed by atoms with Gasteiger partial charge in [-0.05, 0) is 31.4 Å². The predicted octanol–water partition coefficient (Wildman–Crippen LogP) is 2.58. The number of thiophene rings is 1. The number of aliphatic hydroxyl groups is 1. The minimum atomic E-state index is -3.38. The van der Waals surface area contributed by atoms with Gasteiger partial charge in [0, 0.05) is 17.5 Å². The van der Waals surface area contributed by atoms with Crippen LogP contribution < -0.4 is 0 Å². The number of hydrogen-bond donors (Lipinski definition) is 1. The number of hydrogen-bond acceptors (Lipinski definition) is 4. The Morgan fingerprint density at radius 3 is 2.84 bits per heavy atom. The smallest absolute Gasteiger partial charge is 0.252 e. The van der Waals surface area contributed by atoms with E-state index in [1.165, 1.54) is 11.3 Å². The molecule has 1 aliphatic rings. The summed E-state index contributed by atoms with van der Waals surface area (Å²) in [5, 5.41) is 9.07. The monoisotopic (exact) mass is 303 g/mol. The lowest BCUT2D eigenvalue weighted by atomic mass is 10.0. The van der Waals surface area contributed by atoms with Gasteiger partial charge in [0.05, 0.1) is 6.61 Å². The Balaban J connectivity index is 2.25. The lowest BCUT2D eigenvalue weighted by Gasteiger charge is -2.34. The van der Waals surface area contributed by atoms with Crippen molar-refractivity contribution in [3.05, 3.63) is 17.0 Å². The minimum Gasteiger partial charge on any atom is -0.391 e. The Labute approximate surface area is 119 Å². The number of aliphatic hydroxyl groups excluding tert-OH is 1. The van der Waals surface area contributed by atoms with Gasteiger partial charge >= 0.3 is 0 Å². The maximum absolute atomic E-state index is 12.7. The molecule has 1 aromatic heterocycles. The molecular formula is C13H21NO3S2. The van der Waals surface area contributed by atoms with Crippen molar-refractivity contribution in [1.29, 1.82) is 0 Å². The summed E-state index contributed by atoms with van der Waals surface area (Å²) >= 11 is 1.17. The van der Waals surface area contributed by atoms with Crippen molar-refractivity contribution in [1.82, 2.24) is 4.31 Å². The van der Waals surface area contributed by atoms with Gasteiger partial charge in [0.25, 0.3) is 10.0 Å². The highest BCUT2D eigenvalue weighted by molar-refractivity contribution is 7.91. The van der Waals surface area contributed by atoms with Gasteiger partial charge in [-0.2, -0.15) is 4.31 Å². The molecule has 0 spiro atoms. The molecule has 6 heteroatoms. The quantitative estimate of drug-likeness (QED) is 0.909. The SMILES string of the molecule is CCCC1CCCCN1S(=O)(=O)c1ccc(CO)s1. The molecule has 2 heterocycles. The molecule has 19 heavy (non-hydrogen) atoms. The van der Waals surface area contributed by atoms with Crippen LogP contribution in [0.4, 0.5) is 0 Å². The molecule has 1 N–H and O–H groups in total. The number of sulfonamides is 1. The molecule has 0 aliphatic carbocycles. The van der Waals surface area contributed by atoms with E-state index in [1.54, 1.807) is 16.4 Å². The van der Waals surface area contributed by atoms with Crippen molar-refractivity contribution < 1.29 is 13.5 Å². The molecular weight excluding hydrogens is 282 g/mol. The fourth-order valence-corrected chi connectivity index (χ4v) is 5.68. The minimum absolute atomic E-state index is 0.0986. The van der Waals surface area contributed by atoms with Gasteiger partial charge < -0.3 is 5.11 Å². The third-order valence-electron chi connectivity index (χ3n) is 3.55. The van der Waals surface area contributed by atoms with E-state index >= 15 is 0 Å². The first kappa shape index (κ1) is 15.0. The summed E-state index contributed by atoms with van der Waals surface area (Å²) in [5.41, 5.74) is 0. The van der Waals surface area contributed by atoms with Crippen LogP contribution in [0.2, 0.25) is 0 Å². The second kappa shape index (κ2) is 6.35. The third kappa shape index (κ3) is 3.18. The van der Waals surface area contributed by atoms with E-state index in [9.17, 15) is 8.42 Å². The van der Waals surface area contributed by atoms with E-state index < -0.39 is 10.0 Å². The highest BCUT2D eigenvalue weighted by Crippen LogP contribution is 2.31. The van der Waals surface area contributed by atoms with Gasteiger partial charge in [-0.3, -0.25) is 0 Å². The third-order valence-corrected chi connectivity index (χ3v) is 7.04. The van der Waals surface area contributed by atoms with E-state index in [-0.39, 0.29) is 12.6 Å². The van der Waals surface area contributed by atoms with Crippen molar-refractivity contribution in [3.8, 4) is 0 Å². The fourth-order valence-electron chi connectivity index (χ4n) is 2.61. The van der Waals surface area contributed by atoms with Crippen molar-refractivity contribution in [3.63, 3.8) is 0 Å². The largest absolute Gasteiger partial charge is 0.391 e. The maximum Gasteiger partial charge on any atom is 0.252 e. The topological polar surface area (TPSA) is 57.6 Å². The first-order chi connectivity index (χ1) is 9.09. The number of nitrogens with zero attached hydrogens (tertiary/aromatic N) is 1. The summed E-state index contributed by atoms with van der Waals surface area (Å²) in [5.74, 6) is 0. The van der Waals surface area contributed by atoms with Crippen LogP contribution in [-0.4, -0.2) is 30.4 Å². The van der Waals surface area contributed by atoms with E-state index in [4.69, 9.17) is 5.11 Å². The zero-order valence-corrected chi connectivity index (χ0v) is 12.8. The molecule has 1 aliphatic heterocycles. The molecule has 2 rings (SSSR count). The summed E-state index contributed by atoms with van der Waals surface area (Å²) in [6.07, 6.45) is 4.95. The van der Waals surface area contributed by atoms with Gasteiger partial charge in [-0.15, -0.1) is 11.3 Å². The molecule has 1 aromatic rings. The Bertz CT molecular complexity index is 508. The standard InChI is InChI=1S/C13H21NO3S2/c1-2-5-11-6-3-4-9-14(11)19(16,17)13-8-7-12(10-15)18-13/h7-8,11,15H,2-6,9-10H2,1H3. The Kier molecular flexibility index (Phi) is 5.00. The van der Waals surface area contributed by atoms with Crippen LogP contribution in [0.15, 0.2) is 16.3 Å². The van der Waals surface area contributed by atoms with Crippen LogP contribution >= 0.6 is 11.3 Å². The normalized spacial score (nSPS) is 21.7. The van der Waals surface area contributed by atoms with Gasteiger partial charge in [0.15, 0.2) is 0 Å². The van der Waals surface area contributed by atoms with Gasteiger partial charge in [0.2, 0.25) is 0 Å². The van der Waals surface area contributed by atoms with Crippen LogP contribution in [-0.2, 0) is 16.6 Å². The van der Waals surface area contributed by atoms with E-state index in [2.05, 4.69) is 6.92 Å².